The molecule has 0 aliphatic heterocycles. The fourth-order valence-electron chi connectivity index (χ4n) is 2.57. The van der Waals surface area contributed by atoms with Crippen molar-refractivity contribution in [2.45, 2.75) is 20.8 Å². The van der Waals surface area contributed by atoms with Crippen LogP contribution in [0.3, 0.4) is 0 Å². The van der Waals surface area contributed by atoms with Crippen molar-refractivity contribution in [3.8, 4) is 0 Å². The predicted molar refractivity (Wildman–Crippen MR) is 95.7 cm³/mol. The summed E-state index contributed by atoms with van der Waals surface area (Å²) in [6.07, 6.45) is 0. The third-order valence-corrected chi connectivity index (χ3v) is 3.45. The normalized spacial score (nSPS) is 10.5. The molecule has 0 amide bonds. The largest absolute Gasteiger partial charge is 0.340 e. The second-order valence-electron chi connectivity index (χ2n) is 5.82. The molecule has 1 heterocycles. The van der Waals surface area contributed by atoms with Gasteiger partial charge < -0.3 is 10.6 Å². The molecular formula is C19H19FN4. The average molecular weight is 322 g/mol. The third-order valence-electron chi connectivity index (χ3n) is 3.45. The van der Waals surface area contributed by atoms with E-state index >= 15 is 0 Å². The Bertz CT molecular complexity index is 839. The Balaban J connectivity index is 1.84. The topological polar surface area (TPSA) is 49.8 Å². The molecule has 2 N–H and O–H groups in total. The SMILES string of the molecule is Cc1cc(C)cc(Nc2cc(Nc3ccc(F)cc3)nc(C)n2)c1. The van der Waals surface area contributed by atoms with Crippen molar-refractivity contribution in [3.63, 3.8) is 0 Å². The van der Waals surface area contributed by atoms with Crippen LogP contribution in [0.2, 0.25) is 0 Å². The molecule has 0 unspecified atom stereocenters. The van der Waals surface area contributed by atoms with Gasteiger partial charge in [-0.05, 0) is 68.3 Å². The molecule has 4 nitrogen and oxygen atoms in total. The number of rotatable bonds is 4. The zero-order valence-electron chi connectivity index (χ0n) is 13.9. The van der Waals surface area contributed by atoms with Crippen LogP contribution in [0.4, 0.5) is 27.4 Å². The van der Waals surface area contributed by atoms with Gasteiger partial charge in [0.15, 0.2) is 0 Å². The summed E-state index contributed by atoms with van der Waals surface area (Å²) in [5, 5.41) is 6.47. The highest BCUT2D eigenvalue weighted by Crippen LogP contribution is 2.22. The molecule has 0 fully saturated rings. The lowest BCUT2D eigenvalue weighted by Crippen LogP contribution is -2.01. The number of benzene rings is 2. The average Bonchev–Trinajstić information content (AvgIpc) is 2.48. The number of hydrogen-bond acceptors (Lipinski definition) is 4. The molecule has 0 spiro atoms. The molecule has 5 heteroatoms. The van der Waals surface area contributed by atoms with Crippen LogP contribution in [0.25, 0.3) is 0 Å². The minimum atomic E-state index is -0.267. The Labute approximate surface area is 140 Å². The summed E-state index contributed by atoms with van der Waals surface area (Å²) < 4.78 is 13.0. The van der Waals surface area contributed by atoms with Crippen molar-refractivity contribution in [1.82, 2.24) is 9.97 Å². The van der Waals surface area contributed by atoms with Crippen LogP contribution in [0.5, 0.6) is 0 Å². The summed E-state index contributed by atoms with van der Waals surface area (Å²) in [5.74, 6) is 1.74. The molecule has 0 aliphatic rings. The smallest absolute Gasteiger partial charge is 0.136 e. The maximum Gasteiger partial charge on any atom is 0.136 e. The molecule has 122 valence electrons. The zero-order chi connectivity index (χ0) is 17.1. The minimum Gasteiger partial charge on any atom is -0.340 e. The number of aryl methyl sites for hydroxylation is 3. The third kappa shape index (κ3) is 4.07. The van der Waals surface area contributed by atoms with Gasteiger partial charge in [0.1, 0.15) is 23.3 Å². The Hall–Kier alpha value is -2.95. The molecular weight excluding hydrogens is 303 g/mol. The van der Waals surface area contributed by atoms with Gasteiger partial charge in [-0.1, -0.05) is 6.07 Å². The van der Waals surface area contributed by atoms with Crippen molar-refractivity contribution in [1.29, 1.82) is 0 Å². The van der Waals surface area contributed by atoms with E-state index in [9.17, 15) is 4.39 Å². The quantitative estimate of drug-likeness (QED) is 0.707. The summed E-state index contributed by atoms with van der Waals surface area (Å²) in [5.41, 5.74) is 4.13. The van der Waals surface area contributed by atoms with E-state index in [1.54, 1.807) is 12.1 Å². The highest BCUT2D eigenvalue weighted by atomic mass is 19.1. The Morgan fingerprint density at radius 1 is 0.708 bits per heavy atom. The van der Waals surface area contributed by atoms with Crippen molar-refractivity contribution in [2.75, 3.05) is 10.6 Å². The van der Waals surface area contributed by atoms with Crippen LogP contribution in [-0.2, 0) is 0 Å². The fourth-order valence-corrected chi connectivity index (χ4v) is 2.57. The summed E-state index contributed by atoms with van der Waals surface area (Å²) >= 11 is 0. The first-order valence-electron chi connectivity index (χ1n) is 7.71. The van der Waals surface area contributed by atoms with Crippen molar-refractivity contribution < 1.29 is 4.39 Å². The lowest BCUT2D eigenvalue weighted by atomic mass is 10.1. The first kappa shape index (κ1) is 15.9. The van der Waals surface area contributed by atoms with Gasteiger partial charge in [0.25, 0.3) is 0 Å². The van der Waals surface area contributed by atoms with Gasteiger partial charge in [-0.15, -0.1) is 0 Å². The van der Waals surface area contributed by atoms with Gasteiger partial charge >= 0.3 is 0 Å². The van der Waals surface area contributed by atoms with Crippen molar-refractivity contribution >= 4 is 23.0 Å². The molecule has 0 aliphatic carbocycles. The summed E-state index contributed by atoms with van der Waals surface area (Å²) in [6.45, 7) is 5.96. The molecule has 3 rings (SSSR count). The fraction of sp³-hybridized carbons (Fsp3) is 0.158. The van der Waals surface area contributed by atoms with E-state index in [1.807, 2.05) is 13.0 Å². The molecule has 3 aromatic rings. The van der Waals surface area contributed by atoms with E-state index in [1.165, 1.54) is 23.3 Å². The first-order chi connectivity index (χ1) is 11.5. The molecule has 0 atom stereocenters. The lowest BCUT2D eigenvalue weighted by molar-refractivity contribution is 0.628. The van der Waals surface area contributed by atoms with Crippen molar-refractivity contribution in [3.05, 3.63) is 71.3 Å². The zero-order valence-corrected chi connectivity index (χ0v) is 13.9. The van der Waals surface area contributed by atoms with Gasteiger partial charge in [-0.2, -0.15) is 0 Å². The molecule has 2 aromatic carbocycles. The van der Waals surface area contributed by atoms with Gasteiger partial charge in [0.2, 0.25) is 0 Å². The predicted octanol–water partition coefficient (Wildman–Crippen LogP) is 5.03. The van der Waals surface area contributed by atoms with Crippen LogP contribution in [0.1, 0.15) is 17.0 Å². The molecule has 0 radical (unpaired) electrons. The number of halogens is 1. The van der Waals surface area contributed by atoms with E-state index in [2.05, 4.69) is 52.6 Å². The van der Waals surface area contributed by atoms with Crippen molar-refractivity contribution in [2.24, 2.45) is 0 Å². The Morgan fingerprint density at radius 2 is 1.25 bits per heavy atom. The number of aromatic nitrogens is 2. The number of anilines is 4. The monoisotopic (exact) mass is 322 g/mol. The minimum absolute atomic E-state index is 0.267. The van der Waals surface area contributed by atoms with E-state index in [0.717, 1.165) is 11.4 Å². The molecule has 0 saturated heterocycles. The standard InChI is InChI=1S/C19H19FN4/c1-12-8-13(2)10-17(9-12)24-19-11-18(21-14(3)22-19)23-16-6-4-15(20)5-7-16/h4-11H,1-3H3,(H2,21,22,23,24). The summed E-state index contributed by atoms with van der Waals surface area (Å²) in [6, 6.07) is 14.2. The maximum atomic E-state index is 13.0. The molecule has 1 aromatic heterocycles. The Morgan fingerprint density at radius 3 is 1.83 bits per heavy atom. The number of nitrogens with zero attached hydrogens (tertiary/aromatic N) is 2. The lowest BCUT2D eigenvalue weighted by Gasteiger charge is -2.11. The van der Waals surface area contributed by atoms with Crippen LogP contribution in [0.15, 0.2) is 48.5 Å². The number of nitrogens with one attached hydrogen (secondary N) is 2. The van der Waals surface area contributed by atoms with E-state index in [4.69, 9.17) is 0 Å². The molecule has 0 bridgehead atoms. The number of hydrogen-bond donors (Lipinski definition) is 2. The van der Waals surface area contributed by atoms with Crippen LogP contribution >= 0.6 is 0 Å². The van der Waals surface area contributed by atoms with Gasteiger partial charge in [0.05, 0.1) is 0 Å². The molecule has 0 saturated carbocycles. The van der Waals surface area contributed by atoms with Gasteiger partial charge in [-0.3, -0.25) is 0 Å². The van der Waals surface area contributed by atoms with Crippen LogP contribution < -0.4 is 10.6 Å². The maximum absolute atomic E-state index is 13.0. The van der Waals surface area contributed by atoms with Gasteiger partial charge in [-0.25, -0.2) is 14.4 Å². The van der Waals surface area contributed by atoms with Crippen LogP contribution in [-0.4, -0.2) is 9.97 Å². The van der Waals surface area contributed by atoms with E-state index in [-0.39, 0.29) is 5.82 Å². The Kier molecular flexibility index (Phi) is 4.42. The first-order valence-corrected chi connectivity index (χ1v) is 7.71. The molecule has 24 heavy (non-hydrogen) atoms. The highest BCUT2D eigenvalue weighted by Gasteiger charge is 2.04. The highest BCUT2D eigenvalue weighted by molar-refractivity contribution is 5.64. The summed E-state index contributed by atoms with van der Waals surface area (Å²) in [7, 11) is 0. The second kappa shape index (κ2) is 6.66. The van der Waals surface area contributed by atoms with E-state index < -0.39 is 0 Å². The summed E-state index contributed by atoms with van der Waals surface area (Å²) in [4.78, 5) is 8.79. The van der Waals surface area contributed by atoms with Crippen LogP contribution in [0, 0.1) is 26.6 Å². The van der Waals surface area contributed by atoms with E-state index in [0.29, 0.717) is 17.5 Å². The second-order valence-corrected chi connectivity index (χ2v) is 5.82. The van der Waals surface area contributed by atoms with Gasteiger partial charge in [0, 0.05) is 17.4 Å².